The highest BCUT2D eigenvalue weighted by Crippen LogP contribution is 2.33. The van der Waals surface area contributed by atoms with Crippen LogP contribution in [0.1, 0.15) is 23.7 Å². The van der Waals surface area contributed by atoms with Crippen molar-refractivity contribution in [2.45, 2.75) is 18.7 Å². The second-order valence-electron chi connectivity index (χ2n) is 5.10. The van der Waals surface area contributed by atoms with E-state index in [-0.39, 0.29) is 18.1 Å². The summed E-state index contributed by atoms with van der Waals surface area (Å²) in [7, 11) is 0. The Morgan fingerprint density at radius 1 is 1.37 bits per heavy atom. The lowest BCUT2D eigenvalue weighted by atomic mass is 9.98. The summed E-state index contributed by atoms with van der Waals surface area (Å²) in [5.74, 6) is 1.80. The number of hydrogen-bond acceptors (Lipinski definition) is 3. The minimum Gasteiger partial charge on any atom is -0.454 e. The van der Waals surface area contributed by atoms with Crippen LogP contribution in [0.4, 0.5) is 0 Å². The van der Waals surface area contributed by atoms with Crippen LogP contribution in [0.15, 0.2) is 18.2 Å². The quantitative estimate of drug-likeness (QED) is 0.743. The van der Waals surface area contributed by atoms with E-state index in [0.717, 1.165) is 13.0 Å². The first-order valence-corrected chi connectivity index (χ1v) is 6.92. The summed E-state index contributed by atoms with van der Waals surface area (Å²) in [5.41, 5.74) is 0.627. The molecule has 1 fully saturated rings. The Hall–Kier alpha value is -1.42. The van der Waals surface area contributed by atoms with E-state index in [1.807, 2.05) is 4.90 Å². The van der Waals surface area contributed by atoms with Crippen LogP contribution in [0.3, 0.4) is 0 Å². The van der Waals surface area contributed by atoms with Crippen molar-refractivity contribution < 1.29 is 14.3 Å². The number of carbonyl (C=O) groups is 1. The molecule has 1 aromatic carbocycles. The molecule has 2 unspecified atom stereocenters. The second kappa shape index (κ2) is 4.93. The number of ether oxygens (including phenoxy) is 2. The molecule has 5 heteroatoms. The number of rotatable bonds is 1. The van der Waals surface area contributed by atoms with Gasteiger partial charge in [-0.3, -0.25) is 4.79 Å². The molecule has 1 aromatic rings. The van der Waals surface area contributed by atoms with Gasteiger partial charge >= 0.3 is 0 Å². The van der Waals surface area contributed by atoms with Gasteiger partial charge in [0.15, 0.2) is 11.5 Å². The van der Waals surface area contributed by atoms with Crippen LogP contribution in [0.2, 0.25) is 0 Å². The first-order valence-electron chi connectivity index (χ1n) is 6.48. The monoisotopic (exact) mass is 281 g/mol. The van der Waals surface area contributed by atoms with Gasteiger partial charge in [-0.05, 0) is 30.5 Å². The lowest BCUT2D eigenvalue weighted by Gasteiger charge is -2.34. The van der Waals surface area contributed by atoms with Crippen molar-refractivity contribution >= 4 is 17.5 Å². The van der Waals surface area contributed by atoms with Gasteiger partial charge in [0.1, 0.15) is 0 Å². The fourth-order valence-corrected chi connectivity index (χ4v) is 2.71. The van der Waals surface area contributed by atoms with E-state index in [9.17, 15) is 4.79 Å². The first-order chi connectivity index (χ1) is 9.15. The Balaban J connectivity index is 1.77. The number of alkyl halides is 1. The van der Waals surface area contributed by atoms with Crippen LogP contribution in [-0.2, 0) is 0 Å². The number of benzene rings is 1. The van der Waals surface area contributed by atoms with Crippen molar-refractivity contribution in [2.75, 3.05) is 19.9 Å². The van der Waals surface area contributed by atoms with E-state index in [2.05, 4.69) is 6.92 Å². The third kappa shape index (κ3) is 2.37. The highest BCUT2D eigenvalue weighted by Gasteiger charge is 2.28. The number of carbonyl (C=O) groups excluding carboxylic acids is 1. The van der Waals surface area contributed by atoms with Gasteiger partial charge in [0.2, 0.25) is 6.79 Å². The third-order valence-corrected chi connectivity index (χ3v) is 4.34. The summed E-state index contributed by atoms with van der Waals surface area (Å²) >= 11 is 6.25. The molecule has 0 N–H and O–H groups in total. The van der Waals surface area contributed by atoms with Crippen LogP contribution < -0.4 is 9.47 Å². The van der Waals surface area contributed by atoms with Crippen LogP contribution in [0.5, 0.6) is 11.5 Å². The van der Waals surface area contributed by atoms with Gasteiger partial charge in [-0.1, -0.05) is 6.92 Å². The summed E-state index contributed by atoms with van der Waals surface area (Å²) in [6, 6.07) is 5.30. The van der Waals surface area contributed by atoms with E-state index in [0.29, 0.717) is 29.5 Å². The number of likely N-dealkylation sites (tertiary alicyclic amines) is 1. The van der Waals surface area contributed by atoms with Crippen LogP contribution in [0, 0.1) is 5.92 Å². The molecule has 2 aliphatic heterocycles. The highest BCUT2D eigenvalue weighted by atomic mass is 35.5. The fourth-order valence-electron chi connectivity index (χ4n) is 2.42. The van der Waals surface area contributed by atoms with Gasteiger partial charge in [0, 0.05) is 18.7 Å². The Labute approximate surface area is 117 Å². The van der Waals surface area contributed by atoms with E-state index in [4.69, 9.17) is 21.1 Å². The predicted octanol–water partition coefficient (Wildman–Crippen LogP) is 2.50. The average Bonchev–Trinajstić information content (AvgIpc) is 2.88. The van der Waals surface area contributed by atoms with E-state index in [1.54, 1.807) is 18.2 Å². The maximum Gasteiger partial charge on any atom is 0.254 e. The van der Waals surface area contributed by atoms with Gasteiger partial charge in [0.05, 0.1) is 5.38 Å². The number of amides is 1. The zero-order valence-electron chi connectivity index (χ0n) is 10.8. The first kappa shape index (κ1) is 12.6. The lowest BCUT2D eigenvalue weighted by molar-refractivity contribution is 0.0701. The molecule has 0 bridgehead atoms. The molecular weight excluding hydrogens is 266 g/mol. The van der Waals surface area contributed by atoms with Crippen molar-refractivity contribution in [3.8, 4) is 11.5 Å². The second-order valence-corrected chi connectivity index (χ2v) is 5.66. The van der Waals surface area contributed by atoms with Crippen molar-refractivity contribution in [2.24, 2.45) is 5.92 Å². The average molecular weight is 282 g/mol. The summed E-state index contributed by atoms with van der Waals surface area (Å²) < 4.78 is 10.5. The molecule has 0 spiro atoms. The topological polar surface area (TPSA) is 38.8 Å². The zero-order chi connectivity index (χ0) is 13.4. The minimum absolute atomic E-state index is 0.0100. The van der Waals surface area contributed by atoms with Gasteiger partial charge in [-0.2, -0.15) is 0 Å². The summed E-state index contributed by atoms with van der Waals surface area (Å²) in [6.07, 6.45) is 0.949. The summed E-state index contributed by atoms with van der Waals surface area (Å²) in [6.45, 7) is 3.71. The molecule has 102 valence electrons. The van der Waals surface area contributed by atoms with E-state index >= 15 is 0 Å². The number of piperidine rings is 1. The van der Waals surface area contributed by atoms with E-state index < -0.39 is 0 Å². The molecular formula is C14H16ClNO3. The summed E-state index contributed by atoms with van der Waals surface area (Å²) in [5, 5.41) is 0.0340. The number of nitrogens with zero attached hydrogens (tertiary/aromatic N) is 1. The molecule has 0 aromatic heterocycles. The number of fused-ring (bicyclic) bond motifs is 1. The summed E-state index contributed by atoms with van der Waals surface area (Å²) in [4.78, 5) is 14.2. The highest BCUT2D eigenvalue weighted by molar-refractivity contribution is 6.21. The van der Waals surface area contributed by atoms with Gasteiger partial charge in [-0.15, -0.1) is 11.6 Å². The molecule has 2 aliphatic rings. The number of halogens is 1. The number of hydrogen-bond donors (Lipinski definition) is 0. The zero-order valence-corrected chi connectivity index (χ0v) is 11.5. The maximum absolute atomic E-state index is 12.4. The fraction of sp³-hybridized carbons (Fsp3) is 0.500. The standard InChI is InChI=1S/C14H16ClNO3/c1-9-4-5-16(7-11(9)15)14(17)10-2-3-12-13(6-10)19-8-18-12/h2-3,6,9,11H,4-5,7-8H2,1H3. The predicted molar refractivity (Wildman–Crippen MR) is 71.9 cm³/mol. The SMILES string of the molecule is CC1CCN(C(=O)c2ccc3c(c2)OCO3)CC1Cl. The van der Waals surface area contributed by atoms with Crippen molar-refractivity contribution in [1.29, 1.82) is 0 Å². The molecule has 0 aliphatic carbocycles. The molecule has 1 amide bonds. The van der Waals surface area contributed by atoms with Crippen molar-refractivity contribution in [3.63, 3.8) is 0 Å². The molecule has 0 radical (unpaired) electrons. The molecule has 3 rings (SSSR count). The van der Waals surface area contributed by atoms with E-state index in [1.165, 1.54) is 0 Å². The Kier molecular flexibility index (Phi) is 3.27. The molecule has 1 saturated heterocycles. The smallest absolute Gasteiger partial charge is 0.254 e. The molecule has 19 heavy (non-hydrogen) atoms. The van der Waals surface area contributed by atoms with Crippen molar-refractivity contribution in [1.82, 2.24) is 4.90 Å². The molecule has 2 atom stereocenters. The van der Waals surface area contributed by atoms with Crippen molar-refractivity contribution in [3.05, 3.63) is 23.8 Å². The largest absolute Gasteiger partial charge is 0.454 e. The van der Waals surface area contributed by atoms with Crippen LogP contribution >= 0.6 is 11.6 Å². The molecule has 2 heterocycles. The normalized spacial score (nSPS) is 25.5. The van der Waals surface area contributed by atoms with Crippen LogP contribution in [0.25, 0.3) is 0 Å². The lowest BCUT2D eigenvalue weighted by Crippen LogP contribution is -2.43. The maximum atomic E-state index is 12.4. The Morgan fingerprint density at radius 3 is 2.95 bits per heavy atom. The van der Waals surface area contributed by atoms with Gasteiger partial charge < -0.3 is 14.4 Å². The third-order valence-electron chi connectivity index (χ3n) is 3.77. The molecule has 0 saturated carbocycles. The van der Waals surface area contributed by atoms with Gasteiger partial charge in [-0.25, -0.2) is 0 Å². The Morgan fingerprint density at radius 2 is 2.16 bits per heavy atom. The van der Waals surface area contributed by atoms with Crippen LogP contribution in [-0.4, -0.2) is 36.1 Å². The molecule has 4 nitrogen and oxygen atoms in total. The Bertz CT molecular complexity index is 505. The van der Waals surface area contributed by atoms with Gasteiger partial charge in [0.25, 0.3) is 5.91 Å². The minimum atomic E-state index is 0.0100.